The number of amides is 1. The lowest BCUT2D eigenvalue weighted by atomic mass is 9.76. The third kappa shape index (κ3) is 6.29. The van der Waals surface area contributed by atoms with Gasteiger partial charge in [-0.2, -0.15) is 5.10 Å². The van der Waals surface area contributed by atoms with Gasteiger partial charge in [0.1, 0.15) is 11.4 Å². The normalized spacial score (nSPS) is 20.1. The molecule has 1 aliphatic heterocycles. The second-order valence-electron chi connectivity index (χ2n) is 10.5. The van der Waals surface area contributed by atoms with Crippen LogP contribution < -0.4 is 10.3 Å². The van der Waals surface area contributed by atoms with Gasteiger partial charge < -0.3 is 10.4 Å². The summed E-state index contributed by atoms with van der Waals surface area (Å²) in [7, 11) is 0. The third-order valence-electron chi connectivity index (χ3n) is 6.93. The number of nitrogens with one attached hydrogen (secondary N) is 1. The first kappa shape index (κ1) is 26.9. The lowest BCUT2D eigenvalue weighted by Gasteiger charge is -2.37. The zero-order valence-electron chi connectivity index (χ0n) is 21.8. The smallest absolute Gasteiger partial charge is 0.248 e. The Morgan fingerprint density at radius 2 is 1.89 bits per heavy atom. The SMILES string of the molecule is CCCCC1C(c2ccc(C)c(F)c2)=NN(c2ccccc2)C1(C)C(=O)NCCCCC(C)(C)O. The second kappa shape index (κ2) is 11.3. The minimum absolute atomic E-state index is 0.0861. The van der Waals surface area contributed by atoms with Crippen LogP contribution in [0.5, 0.6) is 0 Å². The zero-order chi connectivity index (χ0) is 25.6. The van der Waals surface area contributed by atoms with E-state index in [-0.39, 0.29) is 17.6 Å². The predicted molar refractivity (Wildman–Crippen MR) is 141 cm³/mol. The van der Waals surface area contributed by atoms with Crippen molar-refractivity contribution in [2.24, 2.45) is 11.0 Å². The number of para-hydroxylation sites is 1. The van der Waals surface area contributed by atoms with E-state index in [0.717, 1.165) is 49.1 Å². The molecule has 2 unspecified atom stereocenters. The highest BCUT2D eigenvalue weighted by atomic mass is 19.1. The van der Waals surface area contributed by atoms with E-state index in [1.807, 2.05) is 48.3 Å². The lowest BCUT2D eigenvalue weighted by molar-refractivity contribution is -0.126. The summed E-state index contributed by atoms with van der Waals surface area (Å²) in [6, 6.07) is 14.9. The number of unbranched alkanes of at least 4 members (excludes halogenated alkanes) is 2. The van der Waals surface area contributed by atoms with Crippen LogP contribution in [0.3, 0.4) is 0 Å². The average Bonchev–Trinajstić information content (AvgIpc) is 3.12. The van der Waals surface area contributed by atoms with Crippen LogP contribution >= 0.6 is 0 Å². The first-order valence-electron chi connectivity index (χ1n) is 12.8. The number of benzene rings is 2. The first-order chi connectivity index (χ1) is 16.6. The zero-order valence-corrected chi connectivity index (χ0v) is 21.8. The van der Waals surface area contributed by atoms with E-state index in [1.54, 1.807) is 26.8 Å². The molecular weight excluding hydrogens is 441 g/mol. The molecule has 0 saturated heterocycles. The Balaban J connectivity index is 1.94. The molecule has 2 aromatic rings. The molecule has 0 aromatic heterocycles. The molecule has 3 rings (SSSR count). The standard InChI is InChI=1S/C29H40FN3O2/c1-6-7-15-24-26(22-17-16-21(2)25(30)20-22)32-33(23-13-9-8-10-14-23)29(24,5)27(34)31-19-12-11-18-28(3,4)35/h8-10,13-14,16-17,20,24,35H,6-7,11-12,15,18-19H2,1-5H3,(H,31,34). The van der Waals surface area contributed by atoms with E-state index in [1.165, 1.54) is 6.07 Å². The molecule has 35 heavy (non-hydrogen) atoms. The topological polar surface area (TPSA) is 64.9 Å². The van der Waals surface area contributed by atoms with Crippen LogP contribution in [-0.4, -0.2) is 34.4 Å². The van der Waals surface area contributed by atoms with Crippen LogP contribution in [0.4, 0.5) is 10.1 Å². The van der Waals surface area contributed by atoms with Crippen molar-refractivity contribution >= 4 is 17.3 Å². The van der Waals surface area contributed by atoms with Crippen molar-refractivity contribution in [2.45, 2.75) is 84.3 Å². The Kier molecular flexibility index (Phi) is 8.70. The molecule has 0 radical (unpaired) electrons. The highest BCUT2D eigenvalue weighted by Crippen LogP contribution is 2.41. The number of hydrogen-bond donors (Lipinski definition) is 2. The highest BCUT2D eigenvalue weighted by molar-refractivity contribution is 6.10. The maximum Gasteiger partial charge on any atom is 0.248 e. The summed E-state index contributed by atoms with van der Waals surface area (Å²) in [5.41, 5.74) is 1.23. The van der Waals surface area contributed by atoms with Gasteiger partial charge in [-0.15, -0.1) is 0 Å². The van der Waals surface area contributed by atoms with E-state index in [0.29, 0.717) is 18.5 Å². The Bertz CT molecular complexity index is 1030. The number of rotatable bonds is 11. The average molecular weight is 482 g/mol. The predicted octanol–water partition coefficient (Wildman–Crippen LogP) is 5.98. The van der Waals surface area contributed by atoms with Crippen molar-refractivity contribution in [3.05, 3.63) is 65.5 Å². The van der Waals surface area contributed by atoms with Crippen molar-refractivity contribution in [2.75, 3.05) is 11.6 Å². The molecule has 2 aromatic carbocycles. The monoisotopic (exact) mass is 481 g/mol. The Morgan fingerprint density at radius 3 is 2.51 bits per heavy atom. The Hall–Kier alpha value is -2.73. The number of aliphatic hydroxyl groups is 1. The van der Waals surface area contributed by atoms with Gasteiger partial charge in [0, 0.05) is 18.0 Å². The van der Waals surface area contributed by atoms with Crippen LogP contribution in [0, 0.1) is 18.7 Å². The fraction of sp³-hybridized carbons (Fsp3) is 0.517. The van der Waals surface area contributed by atoms with Gasteiger partial charge in [-0.3, -0.25) is 4.79 Å². The first-order valence-corrected chi connectivity index (χ1v) is 12.8. The van der Waals surface area contributed by atoms with Crippen LogP contribution in [0.1, 0.15) is 77.3 Å². The Labute approximate surface area is 209 Å². The number of aryl methyl sites for hydroxylation is 1. The number of hydrogen-bond acceptors (Lipinski definition) is 4. The van der Waals surface area contributed by atoms with Gasteiger partial charge in [0.05, 0.1) is 17.0 Å². The minimum atomic E-state index is -0.955. The summed E-state index contributed by atoms with van der Waals surface area (Å²) in [4.78, 5) is 13.8. The number of halogens is 1. The fourth-order valence-corrected chi connectivity index (χ4v) is 4.75. The number of carbonyl (C=O) groups is 1. The molecule has 0 spiro atoms. The van der Waals surface area contributed by atoms with Crippen LogP contribution in [0.2, 0.25) is 0 Å². The van der Waals surface area contributed by atoms with E-state index < -0.39 is 11.1 Å². The second-order valence-corrected chi connectivity index (χ2v) is 10.5. The lowest BCUT2D eigenvalue weighted by Crippen LogP contribution is -2.58. The van der Waals surface area contributed by atoms with Gasteiger partial charge >= 0.3 is 0 Å². The van der Waals surface area contributed by atoms with Gasteiger partial charge in [0.15, 0.2) is 0 Å². The minimum Gasteiger partial charge on any atom is -0.390 e. The number of anilines is 1. The molecule has 0 aliphatic carbocycles. The van der Waals surface area contributed by atoms with Crippen LogP contribution in [-0.2, 0) is 4.79 Å². The summed E-state index contributed by atoms with van der Waals surface area (Å²) in [6.07, 6.45) is 5.00. The largest absolute Gasteiger partial charge is 0.390 e. The number of hydrazone groups is 1. The molecule has 1 amide bonds. The highest BCUT2D eigenvalue weighted by Gasteiger charge is 2.53. The molecule has 2 N–H and O–H groups in total. The molecular formula is C29H40FN3O2. The maximum atomic E-state index is 14.5. The summed E-state index contributed by atoms with van der Waals surface area (Å²) >= 11 is 0. The van der Waals surface area contributed by atoms with Gasteiger partial charge in [0.2, 0.25) is 5.91 Å². The summed E-state index contributed by atoms with van der Waals surface area (Å²) in [5, 5.41) is 19.9. The molecule has 6 heteroatoms. The van der Waals surface area contributed by atoms with Crippen molar-refractivity contribution in [1.82, 2.24) is 5.32 Å². The molecule has 0 bridgehead atoms. The molecule has 0 fully saturated rings. The van der Waals surface area contributed by atoms with Crippen molar-refractivity contribution in [3.8, 4) is 0 Å². The van der Waals surface area contributed by atoms with Gasteiger partial charge in [-0.1, -0.05) is 50.1 Å². The third-order valence-corrected chi connectivity index (χ3v) is 6.93. The molecule has 1 aliphatic rings. The van der Waals surface area contributed by atoms with E-state index >= 15 is 0 Å². The summed E-state index contributed by atoms with van der Waals surface area (Å²) in [6.45, 7) is 9.96. The van der Waals surface area contributed by atoms with Crippen molar-refractivity contribution in [3.63, 3.8) is 0 Å². The van der Waals surface area contributed by atoms with Crippen LogP contribution in [0.15, 0.2) is 53.6 Å². The molecule has 2 atom stereocenters. The Morgan fingerprint density at radius 1 is 1.17 bits per heavy atom. The molecule has 5 nitrogen and oxygen atoms in total. The van der Waals surface area contributed by atoms with Gasteiger partial charge in [-0.25, -0.2) is 9.40 Å². The quantitative estimate of drug-likeness (QED) is 0.388. The summed E-state index contributed by atoms with van der Waals surface area (Å²) in [5.74, 6) is -0.547. The number of nitrogens with zero attached hydrogens (tertiary/aromatic N) is 2. The molecule has 1 heterocycles. The maximum absolute atomic E-state index is 14.5. The van der Waals surface area contributed by atoms with E-state index in [9.17, 15) is 14.3 Å². The fourth-order valence-electron chi connectivity index (χ4n) is 4.75. The molecule has 190 valence electrons. The number of carbonyl (C=O) groups excluding carboxylic acids is 1. The van der Waals surface area contributed by atoms with E-state index in [4.69, 9.17) is 5.10 Å². The van der Waals surface area contributed by atoms with Gasteiger partial charge in [0.25, 0.3) is 0 Å². The van der Waals surface area contributed by atoms with Crippen LogP contribution in [0.25, 0.3) is 0 Å². The molecule has 0 saturated carbocycles. The van der Waals surface area contributed by atoms with Gasteiger partial charge in [-0.05, 0) is 77.1 Å². The van der Waals surface area contributed by atoms with Crippen molar-refractivity contribution < 1.29 is 14.3 Å². The summed E-state index contributed by atoms with van der Waals surface area (Å²) < 4.78 is 14.5. The van der Waals surface area contributed by atoms with Crippen molar-refractivity contribution in [1.29, 1.82) is 0 Å². The van der Waals surface area contributed by atoms with E-state index in [2.05, 4.69) is 12.2 Å².